The highest BCUT2D eigenvalue weighted by Gasteiger charge is 2.25. The van der Waals surface area contributed by atoms with Crippen molar-refractivity contribution in [1.82, 2.24) is 4.90 Å². The average molecular weight is 417 g/mol. The smallest absolute Gasteiger partial charge is 0.261 e. The van der Waals surface area contributed by atoms with Crippen molar-refractivity contribution in [3.63, 3.8) is 0 Å². The molecule has 1 fully saturated rings. The number of carbonyl (C=O) groups is 1. The molecule has 0 radical (unpaired) electrons. The Morgan fingerprint density at radius 3 is 2.38 bits per heavy atom. The minimum Gasteiger partial charge on any atom is -0.494 e. The third-order valence-electron chi connectivity index (χ3n) is 5.29. The van der Waals surface area contributed by atoms with Crippen LogP contribution in [0.2, 0.25) is 0 Å². The highest BCUT2D eigenvalue weighted by Crippen LogP contribution is 2.26. The Bertz CT molecular complexity index is 936. The number of ether oxygens (including phenoxy) is 1. The lowest BCUT2D eigenvalue weighted by Crippen LogP contribution is -2.38. The Morgan fingerprint density at radius 1 is 1.07 bits per heavy atom. The third-order valence-corrected chi connectivity index (χ3v) is 6.67. The molecule has 0 bridgehead atoms. The number of rotatable bonds is 7. The molecule has 1 aliphatic rings. The van der Waals surface area contributed by atoms with Crippen molar-refractivity contribution in [2.75, 3.05) is 18.4 Å². The maximum absolute atomic E-state index is 13.1. The van der Waals surface area contributed by atoms with E-state index in [9.17, 15) is 13.2 Å². The molecule has 1 N–H and O–H groups in total. The van der Waals surface area contributed by atoms with Crippen LogP contribution < -0.4 is 9.46 Å². The van der Waals surface area contributed by atoms with E-state index in [0.717, 1.165) is 25.7 Å². The molecular formula is C22H28N2O4S. The minimum atomic E-state index is -3.83. The number of anilines is 1. The first-order valence-electron chi connectivity index (χ1n) is 10.0. The summed E-state index contributed by atoms with van der Waals surface area (Å²) in [5, 5.41) is 0. The van der Waals surface area contributed by atoms with Crippen LogP contribution in [-0.4, -0.2) is 38.9 Å². The quantitative estimate of drug-likeness (QED) is 0.730. The third kappa shape index (κ3) is 5.09. The zero-order chi connectivity index (χ0) is 20.9. The number of amides is 1. The number of nitrogens with zero attached hydrogens (tertiary/aromatic N) is 1. The van der Waals surface area contributed by atoms with Crippen molar-refractivity contribution in [2.24, 2.45) is 0 Å². The SMILES string of the molecule is CCOc1ccc(S(=O)(=O)Nc2ccccc2C(=O)N(C)C2CCCCC2)cc1. The Hall–Kier alpha value is -2.54. The fourth-order valence-corrected chi connectivity index (χ4v) is 4.75. The number of benzene rings is 2. The van der Waals surface area contributed by atoms with Gasteiger partial charge in [0.2, 0.25) is 0 Å². The Kier molecular flexibility index (Phi) is 6.79. The average Bonchev–Trinajstić information content (AvgIpc) is 2.74. The lowest BCUT2D eigenvalue weighted by Gasteiger charge is -2.31. The van der Waals surface area contributed by atoms with Crippen LogP contribution in [0.1, 0.15) is 49.4 Å². The summed E-state index contributed by atoms with van der Waals surface area (Å²) in [5.41, 5.74) is 0.643. The monoisotopic (exact) mass is 416 g/mol. The van der Waals surface area contributed by atoms with Crippen molar-refractivity contribution in [3.8, 4) is 5.75 Å². The van der Waals surface area contributed by atoms with Crippen LogP contribution in [0.3, 0.4) is 0 Å². The number of hydrogen-bond acceptors (Lipinski definition) is 4. The first-order chi connectivity index (χ1) is 13.9. The molecule has 0 aromatic heterocycles. The van der Waals surface area contributed by atoms with Gasteiger partial charge in [-0.15, -0.1) is 0 Å². The van der Waals surface area contributed by atoms with Crippen molar-refractivity contribution >= 4 is 21.6 Å². The second kappa shape index (κ2) is 9.31. The van der Waals surface area contributed by atoms with Gasteiger partial charge in [-0.1, -0.05) is 31.4 Å². The molecule has 1 aliphatic carbocycles. The number of hydrogen-bond donors (Lipinski definition) is 1. The van der Waals surface area contributed by atoms with E-state index in [2.05, 4.69) is 4.72 Å². The van der Waals surface area contributed by atoms with Crippen molar-refractivity contribution in [1.29, 1.82) is 0 Å². The van der Waals surface area contributed by atoms with Crippen molar-refractivity contribution < 1.29 is 17.9 Å². The van der Waals surface area contributed by atoms with Gasteiger partial charge < -0.3 is 9.64 Å². The maximum atomic E-state index is 13.1. The zero-order valence-corrected chi connectivity index (χ0v) is 17.7. The Morgan fingerprint density at radius 2 is 1.72 bits per heavy atom. The van der Waals surface area contributed by atoms with Crippen LogP contribution in [0.15, 0.2) is 53.4 Å². The highest BCUT2D eigenvalue weighted by molar-refractivity contribution is 7.92. The summed E-state index contributed by atoms with van der Waals surface area (Å²) in [6.07, 6.45) is 5.42. The lowest BCUT2D eigenvalue weighted by atomic mass is 9.94. The van der Waals surface area contributed by atoms with Crippen LogP contribution in [0.4, 0.5) is 5.69 Å². The molecule has 2 aromatic carbocycles. The van der Waals surface area contributed by atoms with Gasteiger partial charge >= 0.3 is 0 Å². The van der Waals surface area contributed by atoms with E-state index in [1.165, 1.54) is 18.6 Å². The van der Waals surface area contributed by atoms with Gasteiger partial charge in [-0.3, -0.25) is 9.52 Å². The number of nitrogens with one attached hydrogen (secondary N) is 1. The van der Waals surface area contributed by atoms with Gasteiger partial charge in [-0.05, 0) is 56.2 Å². The van der Waals surface area contributed by atoms with Gasteiger partial charge in [-0.25, -0.2) is 8.42 Å². The lowest BCUT2D eigenvalue weighted by molar-refractivity contribution is 0.0697. The molecule has 1 amide bonds. The molecule has 6 nitrogen and oxygen atoms in total. The van der Waals surface area contributed by atoms with Crippen molar-refractivity contribution in [2.45, 2.75) is 50.0 Å². The number of para-hydroxylation sites is 1. The normalized spacial score (nSPS) is 15.0. The van der Waals surface area contributed by atoms with E-state index in [0.29, 0.717) is 17.9 Å². The van der Waals surface area contributed by atoms with Gasteiger partial charge in [0.05, 0.1) is 22.8 Å². The van der Waals surface area contributed by atoms with E-state index in [-0.39, 0.29) is 22.5 Å². The molecule has 0 aliphatic heterocycles. The molecule has 0 unspecified atom stereocenters. The molecule has 29 heavy (non-hydrogen) atoms. The van der Waals surface area contributed by atoms with Gasteiger partial charge in [0.15, 0.2) is 0 Å². The standard InChI is InChI=1S/C22H28N2O4S/c1-3-28-18-13-15-19(16-14-18)29(26,27)23-21-12-8-7-11-20(21)22(25)24(2)17-9-5-4-6-10-17/h7-8,11-17,23H,3-6,9-10H2,1-2H3. The van der Waals surface area contributed by atoms with Gasteiger partial charge in [0.25, 0.3) is 15.9 Å². The fraction of sp³-hybridized carbons (Fsp3) is 0.409. The van der Waals surface area contributed by atoms with Crippen LogP contribution in [-0.2, 0) is 10.0 Å². The Balaban J connectivity index is 1.81. The second-order valence-electron chi connectivity index (χ2n) is 7.26. The maximum Gasteiger partial charge on any atom is 0.261 e. The minimum absolute atomic E-state index is 0.115. The summed E-state index contributed by atoms with van der Waals surface area (Å²) in [5.74, 6) is 0.443. The van der Waals surface area contributed by atoms with Gasteiger partial charge in [0.1, 0.15) is 5.75 Å². The number of carbonyl (C=O) groups excluding carboxylic acids is 1. The van der Waals surface area contributed by atoms with Crippen LogP contribution in [0, 0.1) is 0 Å². The molecule has 2 aromatic rings. The molecule has 0 spiro atoms. The molecule has 3 rings (SSSR count). The molecule has 156 valence electrons. The molecular weight excluding hydrogens is 388 g/mol. The molecule has 0 atom stereocenters. The summed E-state index contributed by atoms with van der Waals surface area (Å²) >= 11 is 0. The van der Waals surface area contributed by atoms with Crippen LogP contribution >= 0.6 is 0 Å². The summed E-state index contributed by atoms with van der Waals surface area (Å²) in [6, 6.07) is 13.2. The Labute approximate surface area is 172 Å². The molecule has 0 saturated heterocycles. The first kappa shape index (κ1) is 21.2. The predicted octanol–water partition coefficient (Wildman–Crippen LogP) is 4.29. The largest absolute Gasteiger partial charge is 0.494 e. The van der Waals surface area contributed by atoms with E-state index in [4.69, 9.17) is 4.74 Å². The van der Waals surface area contributed by atoms with Crippen molar-refractivity contribution in [3.05, 3.63) is 54.1 Å². The van der Waals surface area contributed by atoms with Gasteiger partial charge in [0, 0.05) is 13.1 Å². The van der Waals surface area contributed by atoms with E-state index in [1.807, 2.05) is 6.92 Å². The van der Waals surface area contributed by atoms with Crippen LogP contribution in [0.5, 0.6) is 5.75 Å². The molecule has 1 saturated carbocycles. The summed E-state index contributed by atoms with van der Waals surface area (Å²) in [4.78, 5) is 14.9. The fourth-order valence-electron chi connectivity index (χ4n) is 3.67. The van der Waals surface area contributed by atoms with Crippen LogP contribution in [0.25, 0.3) is 0 Å². The number of sulfonamides is 1. The first-order valence-corrected chi connectivity index (χ1v) is 11.5. The van der Waals surface area contributed by atoms with Gasteiger partial charge in [-0.2, -0.15) is 0 Å². The van der Waals surface area contributed by atoms with E-state index < -0.39 is 10.0 Å². The molecule has 7 heteroatoms. The van der Waals surface area contributed by atoms with E-state index in [1.54, 1.807) is 48.3 Å². The summed E-state index contributed by atoms with van der Waals surface area (Å²) < 4.78 is 33.6. The highest BCUT2D eigenvalue weighted by atomic mass is 32.2. The van der Waals surface area contributed by atoms with E-state index >= 15 is 0 Å². The topological polar surface area (TPSA) is 75.7 Å². The summed E-state index contributed by atoms with van der Waals surface area (Å²) in [6.45, 7) is 2.37. The molecule has 0 heterocycles. The zero-order valence-electron chi connectivity index (χ0n) is 16.9. The predicted molar refractivity (Wildman–Crippen MR) is 114 cm³/mol. The second-order valence-corrected chi connectivity index (χ2v) is 8.95. The summed E-state index contributed by atoms with van der Waals surface area (Å²) in [7, 11) is -2.03.